The topological polar surface area (TPSA) is 54.0 Å². The SMILES string of the molecule is COc1ccccc1OCC(=O)O[C@H]1CCC[C@@H]1OC. The molecule has 110 valence electrons. The minimum Gasteiger partial charge on any atom is -0.493 e. The molecule has 2 atom stereocenters. The molecule has 0 amide bonds. The Morgan fingerprint density at radius 1 is 1.15 bits per heavy atom. The maximum absolute atomic E-state index is 11.8. The molecule has 0 saturated heterocycles. The third kappa shape index (κ3) is 3.63. The van der Waals surface area contributed by atoms with Crippen molar-refractivity contribution in [3.63, 3.8) is 0 Å². The third-order valence-corrected chi connectivity index (χ3v) is 3.39. The van der Waals surface area contributed by atoms with E-state index in [0.717, 1.165) is 19.3 Å². The quantitative estimate of drug-likeness (QED) is 0.748. The van der Waals surface area contributed by atoms with Gasteiger partial charge < -0.3 is 18.9 Å². The molecule has 2 rings (SSSR count). The maximum atomic E-state index is 11.8. The highest BCUT2D eigenvalue weighted by Crippen LogP contribution is 2.27. The van der Waals surface area contributed by atoms with E-state index in [4.69, 9.17) is 18.9 Å². The lowest BCUT2D eigenvalue weighted by molar-refractivity contribution is -0.156. The average molecular weight is 280 g/mol. The Kier molecular flexibility index (Phi) is 5.24. The van der Waals surface area contributed by atoms with Crippen LogP contribution in [0.2, 0.25) is 0 Å². The molecule has 0 spiro atoms. The van der Waals surface area contributed by atoms with Gasteiger partial charge in [0.2, 0.25) is 0 Å². The van der Waals surface area contributed by atoms with Crippen LogP contribution in [0, 0.1) is 0 Å². The Morgan fingerprint density at radius 3 is 2.55 bits per heavy atom. The summed E-state index contributed by atoms with van der Waals surface area (Å²) >= 11 is 0. The van der Waals surface area contributed by atoms with Crippen molar-refractivity contribution in [2.45, 2.75) is 31.5 Å². The molecule has 0 bridgehead atoms. The number of esters is 1. The van der Waals surface area contributed by atoms with Crippen molar-refractivity contribution in [1.82, 2.24) is 0 Å². The zero-order valence-corrected chi connectivity index (χ0v) is 11.8. The van der Waals surface area contributed by atoms with Crippen LogP contribution < -0.4 is 9.47 Å². The second-order valence-corrected chi connectivity index (χ2v) is 4.67. The molecule has 1 aromatic carbocycles. The molecule has 0 heterocycles. The van der Waals surface area contributed by atoms with Gasteiger partial charge in [-0.15, -0.1) is 0 Å². The summed E-state index contributed by atoms with van der Waals surface area (Å²) in [5, 5.41) is 0. The van der Waals surface area contributed by atoms with Crippen LogP contribution in [0.3, 0.4) is 0 Å². The van der Waals surface area contributed by atoms with Gasteiger partial charge in [0.25, 0.3) is 0 Å². The smallest absolute Gasteiger partial charge is 0.344 e. The number of hydrogen-bond donors (Lipinski definition) is 0. The number of hydrogen-bond acceptors (Lipinski definition) is 5. The van der Waals surface area contributed by atoms with Gasteiger partial charge in [0, 0.05) is 7.11 Å². The second-order valence-electron chi connectivity index (χ2n) is 4.67. The van der Waals surface area contributed by atoms with Gasteiger partial charge in [-0.05, 0) is 31.4 Å². The molecule has 5 heteroatoms. The zero-order valence-electron chi connectivity index (χ0n) is 11.8. The first-order valence-electron chi connectivity index (χ1n) is 6.72. The van der Waals surface area contributed by atoms with Crippen LogP contribution in [0.5, 0.6) is 11.5 Å². The molecular formula is C15H20O5. The fourth-order valence-electron chi connectivity index (χ4n) is 2.37. The van der Waals surface area contributed by atoms with Crippen molar-refractivity contribution in [2.75, 3.05) is 20.8 Å². The van der Waals surface area contributed by atoms with Crippen molar-refractivity contribution in [3.05, 3.63) is 24.3 Å². The minimum atomic E-state index is -0.384. The lowest BCUT2D eigenvalue weighted by Gasteiger charge is -2.19. The minimum absolute atomic E-state index is 0.00483. The Morgan fingerprint density at radius 2 is 1.85 bits per heavy atom. The standard InChI is InChI=1S/C15H20O5/c1-17-11-6-3-4-7-13(11)19-10-15(16)20-14-9-5-8-12(14)18-2/h3-4,6-7,12,14H,5,8-10H2,1-2H3/t12-,14-/m0/s1. The third-order valence-electron chi connectivity index (χ3n) is 3.39. The predicted molar refractivity (Wildman–Crippen MR) is 73.0 cm³/mol. The van der Waals surface area contributed by atoms with E-state index in [9.17, 15) is 4.79 Å². The van der Waals surface area contributed by atoms with Crippen LogP contribution in [0.25, 0.3) is 0 Å². The molecule has 5 nitrogen and oxygen atoms in total. The zero-order chi connectivity index (χ0) is 14.4. The fourth-order valence-corrected chi connectivity index (χ4v) is 2.37. The Labute approximate surface area is 118 Å². The van der Waals surface area contributed by atoms with E-state index in [2.05, 4.69) is 0 Å². The first-order chi connectivity index (χ1) is 9.74. The lowest BCUT2D eigenvalue weighted by atomic mass is 10.2. The second kappa shape index (κ2) is 7.14. The van der Waals surface area contributed by atoms with Crippen LogP contribution in [-0.2, 0) is 14.3 Å². The molecule has 1 saturated carbocycles. The highest BCUT2D eigenvalue weighted by atomic mass is 16.6. The Balaban J connectivity index is 1.83. The van der Waals surface area contributed by atoms with E-state index in [0.29, 0.717) is 11.5 Å². The van der Waals surface area contributed by atoms with Gasteiger partial charge in [0.15, 0.2) is 18.1 Å². The van der Waals surface area contributed by atoms with E-state index in [1.165, 1.54) is 0 Å². The molecule has 0 radical (unpaired) electrons. The van der Waals surface area contributed by atoms with E-state index in [1.54, 1.807) is 26.4 Å². The fraction of sp³-hybridized carbons (Fsp3) is 0.533. The number of methoxy groups -OCH3 is 2. The Bertz CT molecular complexity index is 446. The van der Waals surface area contributed by atoms with Crippen molar-refractivity contribution in [2.24, 2.45) is 0 Å². The number of carbonyl (C=O) groups excluding carboxylic acids is 1. The Hall–Kier alpha value is -1.75. The maximum Gasteiger partial charge on any atom is 0.344 e. The van der Waals surface area contributed by atoms with Gasteiger partial charge in [-0.25, -0.2) is 4.79 Å². The molecule has 0 unspecified atom stereocenters. The van der Waals surface area contributed by atoms with Crippen LogP contribution in [0.15, 0.2) is 24.3 Å². The van der Waals surface area contributed by atoms with Crippen molar-refractivity contribution < 1.29 is 23.7 Å². The van der Waals surface area contributed by atoms with Crippen LogP contribution in [-0.4, -0.2) is 39.0 Å². The van der Waals surface area contributed by atoms with Crippen molar-refractivity contribution in [1.29, 1.82) is 0 Å². The molecule has 1 aliphatic carbocycles. The summed E-state index contributed by atoms with van der Waals surface area (Å²) in [7, 11) is 3.20. The van der Waals surface area contributed by atoms with Crippen LogP contribution >= 0.6 is 0 Å². The highest BCUT2D eigenvalue weighted by Gasteiger charge is 2.30. The summed E-state index contributed by atoms with van der Waals surface area (Å²) in [6, 6.07) is 7.19. The van der Waals surface area contributed by atoms with Gasteiger partial charge in [0.05, 0.1) is 13.2 Å². The summed E-state index contributed by atoms with van der Waals surface area (Å²) in [6.07, 6.45) is 2.64. The van der Waals surface area contributed by atoms with Crippen molar-refractivity contribution >= 4 is 5.97 Å². The van der Waals surface area contributed by atoms with Gasteiger partial charge in [-0.2, -0.15) is 0 Å². The molecule has 0 N–H and O–H groups in total. The van der Waals surface area contributed by atoms with Gasteiger partial charge >= 0.3 is 5.97 Å². The number of benzene rings is 1. The molecule has 1 aliphatic rings. The van der Waals surface area contributed by atoms with E-state index in [1.807, 2.05) is 12.1 Å². The van der Waals surface area contributed by atoms with Gasteiger partial charge in [-0.3, -0.25) is 0 Å². The lowest BCUT2D eigenvalue weighted by Crippen LogP contribution is -2.29. The number of carbonyl (C=O) groups is 1. The molecule has 1 aromatic rings. The number of ether oxygens (including phenoxy) is 4. The molecule has 0 aromatic heterocycles. The normalized spacial score (nSPS) is 21.5. The van der Waals surface area contributed by atoms with Crippen molar-refractivity contribution in [3.8, 4) is 11.5 Å². The van der Waals surface area contributed by atoms with Gasteiger partial charge in [0.1, 0.15) is 6.10 Å². The molecule has 20 heavy (non-hydrogen) atoms. The molecule has 1 fully saturated rings. The largest absolute Gasteiger partial charge is 0.493 e. The number of para-hydroxylation sites is 2. The summed E-state index contributed by atoms with van der Waals surface area (Å²) in [4.78, 5) is 11.8. The predicted octanol–water partition coefficient (Wildman–Crippen LogP) is 2.18. The summed E-state index contributed by atoms with van der Waals surface area (Å²) in [5.41, 5.74) is 0. The van der Waals surface area contributed by atoms with E-state index < -0.39 is 0 Å². The van der Waals surface area contributed by atoms with E-state index >= 15 is 0 Å². The molecular weight excluding hydrogens is 260 g/mol. The first kappa shape index (κ1) is 14.7. The average Bonchev–Trinajstić information content (AvgIpc) is 2.92. The monoisotopic (exact) mass is 280 g/mol. The van der Waals surface area contributed by atoms with Gasteiger partial charge in [-0.1, -0.05) is 12.1 Å². The highest BCUT2D eigenvalue weighted by molar-refractivity contribution is 5.71. The summed E-state index contributed by atoms with van der Waals surface area (Å²) in [6.45, 7) is -0.132. The number of rotatable bonds is 6. The summed E-state index contributed by atoms with van der Waals surface area (Å²) in [5.74, 6) is 0.738. The first-order valence-corrected chi connectivity index (χ1v) is 6.72. The summed E-state index contributed by atoms with van der Waals surface area (Å²) < 4.78 is 21.2. The van der Waals surface area contributed by atoms with Crippen LogP contribution in [0.4, 0.5) is 0 Å². The molecule has 0 aliphatic heterocycles. The van der Waals surface area contributed by atoms with Crippen LogP contribution in [0.1, 0.15) is 19.3 Å². The van der Waals surface area contributed by atoms with E-state index in [-0.39, 0.29) is 24.8 Å².